The van der Waals surface area contributed by atoms with E-state index in [0.29, 0.717) is 45.3 Å². The second-order valence-corrected chi connectivity index (χ2v) is 15.9. The number of thiazole rings is 1. The number of esters is 1. The van der Waals surface area contributed by atoms with Crippen molar-refractivity contribution in [2.24, 2.45) is 5.92 Å². The van der Waals surface area contributed by atoms with E-state index in [1.807, 2.05) is 48.5 Å². The average Bonchev–Trinajstić information content (AvgIpc) is 3.53. The van der Waals surface area contributed by atoms with E-state index in [1.165, 1.54) is 28.6 Å². The minimum atomic E-state index is -1.81. The number of carbonyl (C=O) groups is 5. The molecule has 1 saturated heterocycles. The lowest BCUT2D eigenvalue weighted by molar-refractivity contribution is -0.158. The number of aryl methyl sites for hydroxylation is 1. The van der Waals surface area contributed by atoms with Gasteiger partial charge in [0.15, 0.2) is 11.2 Å². The summed E-state index contributed by atoms with van der Waals surface area (Å²) < 4.78 is 12.9. The molecule has 5 heterocycles. The molecule has 59 heavy (non-hydrogen) atoms. The molecule has 16 nitrogen and oxygen atoms in total. The molecule has 5 atom stereocenters. The van der Waals surface area contributed by atoms with Crippen molar-refractivity contribution in [3.63, 3.8) is 0 Å². The van der Waals surface area contributed by atoms with E-state index in [9.17, 15) is 29.1 Å². The first kappa shape index (κ1) is 39.5. The van der Waals surface area contributed by atoms with Gasteiger partial charge in [0.25, 0.3) is 11.8 Å². The summed E-state index contributed by atoms with van der Waals surface area (Å²) in [5.41, 5.74) is 0.594. The van der Waals surface area contributed by atoms with Crippen LogP contribution in [0.15, 0.2) is 73.1 Å². The molecule has 1 saturated carbocycles. The lowest BCUT2D eigenvalue weighted by atomic mass is 10.0. The number of nitrogens with zero attached hydrogens (tertiary/aromatic N) is 7. The minimum Gasteiger partial charge on any atom is -0.471 e. The summed E-state index contributed by atoms with van der Waals surface area (Å²) in [5.74, 6) is -3.04. The molecule has 0 bridgehead atoms. The summed E-state index contributed by atoms with van der Waals surface area (Å²) in [7, 11) is 0. The first-order chi connectivity index (χ1) is 28.6. The van der Waals surface area contributed by atoms with Crippen LogP contribution < -0.4 is 10.1 Å². The Balaban J connectivity index is 1.19. The third-order valence-corrected chi connectivity index (χ3v) is 12.0. The predicted octanol–water partition coefficient (Wildman–Crippen LogP) is 5.50. The van der Waals surface area contributed by atoms with Gasteiger partial charge in [-0.15, -0.1) is 11.3 Å². The van der Waals surface area contributed by atoms with Crippen LogP contribution in [0.2, 0.25) is 0 Å². The first-order valence-electron chi connectivity index (χ1n) is 19.7. The Bertz CT molecular complexity index is 2440. The quantitative estimate of drug-likeness (QED) is 0.154. The van der Waals surface area contributed by atoms with Crippen LogP contribution in [0.1, 0.15) is 68.1 Å². The second kappa shape index (κ2) is 16.5. The van der Waals surface area contributed by atoms with E-state index >= 15 is 0 Å². The zero-order valence-corrected chi connectivity index (χ0v) is 33.3. The fourth-order valence-corrected chi connectivity index (χ4v) is 8.85. The number of hydrogen-bond donors (Lipinski definition) is 2. The maximum atomic E-state index is 14.9. The number of carboxylic acid groups (broad SMARTS) is 1. The van der Waals surface area contributed by atoms with Crippen LogP contribution >= 0.6 is 11.3 Å². The number of hydrogen-bond acceptors (Lipinski definition) is 13. The maximum absolute atomic E-state index is 14.9. The molecule has 5 aromatic rings. The van der Waals surface area contributed by atoms with Gasteiger partial charge in [0.2, 0.25) is 11.8 Å². The van der Waals surface area contributed by atoms with Crippen LogP contribution in [0.3, 0.4) is 0 Å². The van der Waals surface area contributed by atoms with Crippen LogP contribution in [-0.4, -0.2) is 106 Å². The van der Waals surface area contributed by atoms with Crippen molar-refractivity contribution in [3.05, 3.63) is 84.5 Å². The number of ether oxygens (including phenoxy) is 2. The molecule has 0 radical (unpaired) electrons. The number of imide groups is 1. The zero-order valence-electron chi connectivity index (χ0n) is 32.4. The molecule has 2 N–H and O–H groups in total. The highest BCUT2D eigenvalue weighted by Crippen LogP contribution is 2.51. The highest BCUT2D eigenvalue weighted by Gasteiger charge is 2.68. The summed E-state index contributed by atoms with van der Waals surface area (Å²) in [6.45, 7) is 3.09. The standard InChI is InChI=1S/C42H42N8O8S/c1-3-57-40(54)42-20-26(42)13-7-5-4-6-8-17-31(46-35(51)25-21-43-24(2)44-22-25)38(52)49-23-27(19-32(49)39(53)50(42)41(55)56)58-36-34(45-28-14-9-10-15-29(28)47-36)37-48-30-16-11-12-18-33(30)59-37/h7,9-16,18,21-22,26-27,31-32H,3-6,8,17,19-20,23H2,1-2H3,(H,46,51)(H,55,56). The van der Waals surface area contributed by atoms with Crippen molar-refractivity contribution in [2.45, 2.75) is 82.5 Å². The second-order valence-electron chi connectivity index (χ2n) is 14.9. The van der Waals surface area contributed by atoms with Gasteiger partial charge in [-0.1, -0.05) is 49.3 Å². The average molecular weight is 819 g/mol. The first-order valence-corrected chi connectivity index (χ1v) is 20.5. The fourth-order valence-electron chi connectivity index (χ4n) is 7.91. The predicted molar refractivity (Wildman–Crippen MR) is 215 cm³/mol. The Hall–Kier alpha value is -6.36. The molecule has 2 aromatic carbocycles. The third-order valence-electron chi connectivity index (χ3n) is 10.9. The Labute approximate surface area is 342 Å². The number of benzene rings is 2. The number of aromatic nitrogens is 5. The molecule has 1 aliphatic carbocycles. The number of allylic oxidation sites excluding steroid dienone is 1. The number of nitrogens with one attached hydrogen (secondary N) is 1. The van der Waals surface area contributed by atoms with Crippen LogP contribution in [0, 0.1) is 12.8 Å². The topological polar surface area (TPSA) is 207 Å². The Kier molecular flexibility index (Phi) is 11.0. The molecule has 2 aliphatic heterocycles. The maximum Gasteiger partial charge on any atom is 0.415 e. The van der Waals surface area contributed by atoms with Crippen molar-refractivity contribution < 1.29 is 38.6 Å². The van der Waals surface area contributed by atoms with Gasteiger partial charge in [-0.25, -0.2) is 39.4 Å². The van der Waals surface area contributed by atoms with E-state index in [2.05, 4.69) is 15.3 Å². The van der Waals surface area contributed by atoms with Gasteiger partial charge < -0.3 is 24.8 Å². The van der Waals surface area contributed by atoms with E-state index in [4.69, 9.17) is 24.4 Å². The molecule has 2 fully saturated rings. The van der Waals surface area contributed by atoms with Crippen molar-refractivity contribution in [1.82, 2.24) is 40.0 Å². The lowest BCUT2D eigenvalue weighted by Crippen LogP contribution is -2.59. The molecule has 0 spiro atoms. The molecule has 304 valence electrons. The molecule has 4 amide bonds. The monoisotopic (exact) mass is 818 g/mol. The number of fused-ring (bicyclic) bond motifs is 4. The van der Waals surface area contributed by atoms with Crippen LogP contribution in [0.25, 0.3) is 32.0 Å². The van der Waals surface area contributed by atoms with Crippen LogP contribution in [-0.2, 0) is 19.1 Å². The van der Waals surface area contributed by atoms with Gasteiger partial charge in [0, 0.05) is 24.7 Å². The SMILES string of the molecule is CCOC(=O)C12CC1C=CCCCCCC(NC(=O)c1cnc(C)nc1)C(=O)N1CC(Oc3nc4ccccc4nc3-c3nc4ccccc4s3)CC1C(=O)N2C(=O)O. The van der Waals surface area contributed by atoms with Crippen LogP contribution in [0.4, 0.5) is 4.79 Å². The lowest BCUT2D eigenvalue weighted by Gasteiger charge is -2.33. The molecule has 17 heteroatoms. The molecule has 5 unspecified atom stereocenters. The summed E-state index contributed by atoms with van der Waals surface area (Å²) in [6, 6.07) is 12.4. The van der Waals surface area contributed by atoms with Crippen molar-refractivity contribution in [1.29, 1.82) is 0 Å². The Morgan fingerprint density at radius 1 is 0.949 bits per heavy atom. The molecule has 3 aromatic heterocycles. The van der Waals surface area contributed by atoms with Crippen LogP contribution in [0.5, 0.6) is 5.88 Å². The van der Waals surface area contributed by atoms with E-state index in [1.54, 1.807) is 26.0 Å². The Morgan fingerprint density at radius 2 is 1.68 bits per heavy atom. The van der Waals surface area contributed by atoms with Crippen molar-refractivity contribution in [3.8, 4) is 16.6 Å². The van der Waals surface area contributed by atoms with E-state index in [0.717, 1.165) is 23.1 Å². The van der Waals surface area contributed by atoms with Gasteiger partial charge in [-0.2, -0.15) is 0 Å². The molecular formula is C42H42N8O8S. The number of rotatable bonds is 7. The largest absolute Gasteiger partial charge is 0.471 e. The number of carbonyl (C=O) groups excluding carboxylic acids is 4. The third kappa shape index (κ3) is 7.81. The molecule has 8 rings (SSSR count). The smallest absolute Gasteiger partial charge is 0.415 e. The highest BCUT2D eigenvalue weighted by atomic mass is 32.1. The minimum absolute atomic E-state index is 0.0280. The molecule has 3 aliphatic rings. The van der Waals surface area contributed by atoms with E-state index in [-0.39, 0.29) is 43.9 Å². The van der Waals surface area contributed by atoms with Gasteiger partial charge in [-0.05, 0) is 63.8 Å². The zero-order chi connectivity index (χ0) is 41.3. The van der Waals surface area contributed by atoms with Gasteiger partial charge in [-0.3, -0.25) is 14.4 Å². The summed E-state index contributed by atoms with van der Waals surface area (Å²) in [6.07, 6.45) is 6.62. The summed E-state index contributed by atoms with van der Waals surface area (Å²) in [5, 5.41) is 14.1. The summed E-state index contributed by atoms with van der Waals surface area (Å²) in [4.78, 5) is 94.7. The van der Waals surface area contributed by atoms with Gasteiger partial charge >= 0.3 is 12.1 Å². The van der Waals surface area contributed by atoms with Crippen molar-refractivity contribution in [2.75, 3.05) is 13.2 Å². The Morgan fingerprint density at radius 3 is 2.41 bits per heavy atom. The highest BCUT2D eigenvalue weighted by molar-refractivity contribution is 7.21. The van der Waals surface area contributed by atoms with Crippen molar-refractivity contribution >= 4 is 62.4 Å². The normalized spacial score (nSPS) is 23.6. The van der Waals surface area contributed by atoms with Gasteiger partial charge in [0.05, 0.1) is 40.0 Å². The van der Waals surface area contributed by atoms with Gasteiger partial charge in [0.1, 0.15) is 29.0 Å². The van der Waals surface area contributed by atoms with E-state index < -0.39 is 59.4 Å². The molecular weight excluding hydrogens is 777 g/mol. The summed E-state index contributed by atoms with van der Waals surface area (Å²) >= 11 is 1.41. The number of amides is 4. The fraction of sp³-hybridized carbons (Fsp3) is 0.381. The number of para-hydroxylation sites is 3.